The van der Waals surface area contributed by atoms with Gasteiger partial charge >= 0.3 is 6.05 Å². The highest BCUT2D eigenvalue weighted by Gasteiger charge is 2.47. The second-order valence-electron chi connectivity index (χ2n) is 8.45. The molecule has 1 saturated carbocycles. The summed E-state index contributed by atoms with van der Waals surface area (Å²) in [6.07, 6.45) is 4.32. The van der Waals surface area contributed by atoms with Crippen molar-refractivity contribution in [2.75, 3.05) is 29.6 Å². The zero-order valence-corrected chi connectivity index (χ0v) is 18.8. The van der Waals surface area contributed by atoms with Crippen molar-refractivity contribution in [1.29, 1.82) is 0 Å². The monoisotopic (exact) mass is 467 g/mol. The lowest BCUT2D eigenvalue weighted by atomic mass is 9.97. The van der Waals surface area contributed by atoms with Crippen LogP contribution in [0.15, 0.2) is 36.7 Å². The van der Waals surface area contributed by atoms with Crippen LogP contribution in [0, 0.1) is 5.92 Å². The van der Waals surface area contributed by atoms with E-state index in [-0.39, 0.29) is 40.2 Å². The van der Waals surface area contributed by atoms with Crippen LogP contribution in [-0.4, -0.2) is 40.7 Å². The zero-order chi connectivity index (χ0) is 24.2. The number of carbonyl (C=O) groups excluding carboxylic acids is 2. The minimum absolute atomic E-state index is 0.0265. The number of nitrogens with one attached hydrogen (secondary N) is 3. The summed E-state index contributed by atoms with van der Waals surface area (Å²) in [6, 6.07) is 3.34. The second kappa shape index (κ2) is 7.79. The van der Waals surface area contributed by atoms with Crippen molar-refractivity contribution < 1.29 is 18.4 Å². The third-order valence-corrected chi connectivity index (χ3v) is 6.05. The fourth-order valence-electron chi connectivity index (χ4n) is 4.09. The van der Waals surface area contributed by atoms with E-state index in [1.54, 1.807) is 25.2 Å². The molecule has 3 N–H and O–H groups in total. The number of halogens is 2. The Morgan fingerprint density at radius 3 is 2.65 bits per heavy atom. The molecular formula is C23H23F2N7O2. The number of aromatic nitrogens is 3. The van der Waals surface area contributed by atoms with Crippen molar-refractivity contribution in [3.63, 3.8) is 0 Å². The number of pyridine rings is 1. The molecule has 2 amide bonds. The molecule has 2 aromatic heterocycles. The van der Waals surface area contributed by atoms with Crippen molar-refractivity contribution in [1.82, 2.24) is 20.1 Å². The lowest BCUT2D eigenvalue weighted by Crippen LogP contribution is -2.39. The van der Waals surface area contributed by atoms with Crippen molar-refractivity contribution in [2.45, 2.75) is 18.9 Å². The SMILES string of the molecule is CNC(=O)c1cnc(NC(=O)C2CC2)cc1Nc1cccc2c1N(C)C(F)(F)c1cn(C)nc1-2. The number of benzene rings is 1. The molecule has 2 aliphatic rings. The molecule has 11 heteroatoms. The molecular weight excluding hydrogens is 444 g/mol. The normalized spacial score (nSPS) is 15.9. The van der Waals surface area contributed by atoms with Crippen molar-refractivity contribution in [2.24, 2.45) is 13.0 Å². The van der Waals surface area contributed by atoms with Crippen LogP contribution in [0.25, 0.3) is 11.3 Å². The van der Waals surface area contributed by atoms with Gasteiger partial charge in [0, 0.05) is 51.1 Å². The summed E-state index contributed by atoms with van der Waals surface area (Å²) in [7, 11) is 4.39. The van der Waals surface area contributed by atoms with Crippen LogP contribution < -0.4 is 20.9 Å². The van der Waals surface area contributed by atoms with E-state index in [9.17, 15) is 9.59 Å². The number of fused-ring (bicyclic) bond motifs is 3. The number of amides is 2. The Balaban J connectivity index is 1.59. The maximum atomic E-state index is 15.3. The number of para-hydroxylation sites is 1. The van der Waals surface area contributed by atoms with E-state index in [0.29, 0.717) is 16.9 Å². The molecule has 34 heavy (non-hydrogen) atoms. The van der Waals surface area contributed by atoms with Gasteiger partial charge in [-0.05, 0) is 18.9 Å². The molecule has 1 fully saturated rings. The Hall–Kier alpha value is -4.02. The maximum Gasteiger partial charge on any atom is 0.356 e. The van der Waals surface area contributed by atoms with Gasteiger partial charge in [-0.1, -0.05) is 12.1 Å². The third kappa shape index (κ3) is 3.53. The molecule has 0 atom stereocenters. The first kappa shape index (κ1) is 21.8. The number of nitrogens with zero attached hydrogens (tertiary/aromatic N) is 4. The standard InChI is InChI=1S/C23H23F2N7O2/c1-26-22(34)14-10-27-18(29-21(33)12-7-8-12)9-17(14)28-16-6-4-5-13-19-15(11-31(2)30-19)23(24,25)32(3)20(13)16/h4-6,9-12H,7-8H2,1-3H3,(H,26,34)(H2,27,28,29,33). The molecule has 3 aromatic rings. The lowest BCUT2D eigenvalue weighted by Gasteiger charge is -2.36. The number of anilines is 4. The summed E-state index contributed by atoms with van der Waals surface area (Å²) in [5, 5.41) is 12.7. The Labute approximate surface area is 194 Å². The number of alkyl halides is 2. The molecule has 1 aromatic carbocycles. The number of hydrogen-bond donors (Lipinski definition) is 3. The van der Waals surface area contributed by atoms with Gasteiger partial charge in [0.2, 0.25) is 5.91 Å². The fraction of sp³-hybridized carbons (Fsp3) is 0.304. The van der Waals surface area contributed by atoms with E-state index >= 15 is 8.78 Å². The highest BCUT2D eigenvalue weighted by atomic mass is 19.3. The highest BCUT2D eigenvalue weighted by molar-refractivity contribution is 6.02. The zero-order valence-electron chi connectivity index (χ0n) is 18.8. The second-order valence-corrected chi connectivity index (χ2v) is 8.45. The quantitative estimate of drug-likeness (QED) is 0.497. The molecule has 1 aliphatic carbocycles. The van der Waals surface area contributed by atoms with Crippen LogP contribution in [-0.2, 0) is 17.9 Å². The van der Waals surface area contributed by atoms with Gasteiger partial charge in [0.15, 0.2) is 0 Å². The van der Waals surface area contributed by atoms with Gasteiger partial charge in [-0.25, -0.2) is 4.98 Å². The molecule has 5 rings (SSSR count). The molecule has 0 spiro atoms. The van der Waals surface area contributed by atoms with E-state index in [2.05, 4.69) is 26.0 Å². The van der Waals surface area contributed by atoms with Crippen LogP contribution in [0.4, 0.5) is 31.7 Å². The predicted molar refractivity (Wildman–Crippen MR) is 123 cm³/mol. The van der Waals surface area contributed by atoms with Gasteiger partial charge in [-0.3, -0.25) is 14.3 Å². The van der Waals surface area contributed by atoms with E-state index in [0.717, 1.165) is 17.7 Å². The van der Waals surface area contributed by atoms with Crippen LogP contribution in [0.1, 0.15) is 28.8 Å². The molecule has 1 aliphatic heterocycles. The topological polar surface area (TPSA) is 104 Å². The predicted octanol–water partition coefficient (Wildman–Crippen LogP) is 3.43. The fourth-order valence-corrected chi connectivity index (χ4v) is 4.09. The molecule has 0 radical (unpaired) electrons. The van der Waals surface area contributed by atoms with Crippen LogP contribution >= 0.6 is 0 Å². The first-order valence-corrected chi connectivity index (χ1v) is 10.8. The van der Waals surface area contributed by atoms with Crippen LogP contribution in [0.2, 0.25) is 0 Å². The molecule has 3 heterocycles. The average Bonchev–Trinajstić information content (AvgIpc) is 3.58. The summed E-state index contributed by atoms with van der Waals surface area (Å²) < 4.78 is 31.9. The lowest BCUT2D eigenvalue weighted by molar-refractivity contribution is -0.117. The smallest absolute Gasteiger partial charge is 0.355 e. The molecule has 9 nitrogen and oxygen atoms in total. The first-order valence-electron chi connectivity index (χ1n) is 10.8. The Morgan fingerprint density at radius 1 is 1.18 bits per heavy atom. The Morgan fingerprint density at radius 2 is 1.94 bits per heavy atom. The van der Waals surface area contributed by atoms with Crippen LogP contribution in [0.3, 0.4) is 0 Å². The summed E-state index contributed by atoms with van der Waals surface area (Å²) in [5.74, 6) is -0.306. The number of hydrogen-bond acceptors (Lipinski definition) is 6. The van der Waals surface area contributed by atoms with Crippen molar-refractivity contribution in [3.8, 4) is 11.3 Å². The third-order valence-electron chi connectivity index (χ3n) is 6.05. The molecule has 0 unspecified atom stereocenters. The summed E-state index contributed by atoms with van der Waals surface area (Å²) in [5.41, 5.74) is 1.66. The van der Waals surface area contributed by atoms with Crippen molar-refractivity contribution in [3.05, 3.63) is 47.8 Å². The van der Waals surface area contributed by atoms with Crippen LogP contribution in [0.5, 0.6) is 0 Å². The molecule has 176 valence electrons. The number of aryl methyl sites for hydroxylation is 1. The number of rotatable bonds is 5. The van der Waals surface area contributed by atoms with Gasteiger partial charge in [0.1, 0.15) is 11.5 Å². The van der Waals surface area contributed by atoms with Gasteiger partial charge in [0.25, 0.3) is 5.91 Å². The largest absolute Gasteiger partial charge is 0.356 e. The van der Waals surface area contributed by atoms with Gasteiger partial charge in [-0.2, -0.15) is 13.9 Å². The van der Waals surface area contributed by atoms with E-state index in [1.165, 1.54) is 37.2 Å². The Kier molecular flexibility index (Phi) is 4.99. The highest BCUT2D eigenvalue weighted by Crippen LogP contribution is 2.51. The van der Waals surface area contributed by atoms with Gasteiger partial charge in [-0.15, -0.1) is 0 Å². The Bertz CT molecular complexity index is 1320. The van der Waals surface area contributed by atoms with E-state index < -0.39 is 12.0 Å². The summed E-state index contributed by atoms with van der Waals surface area (Å²) in [6.45, 7) is 0. The summed E-state index contributed by atoms with van der Waals surface area (Å²) in [4.78, 5) is 29.7. The summed E-state index contributed by atoms with van der Waals surface area (Å²) >= 11 is 0. The maximum absolute atomic E-state index is 15.3. The minimum atomic E-state index is -3.29. The number of carbonyl (C=O) groups is 2. The molecule has 0 saturated heterocycles. The van der Waals surface area contributed by atoms with E-state index in [4.69, 9.17) is 0 Å². The van der Waals surface area contributed by atoms with Crippen molar-refractivity contribution >= 4 is 34.7 Å². The van der Waals surface area contributed by atoms with Gasteiger partial charge in [0.05, 0.1) is 28.2 Å². The average molecular weight is 467 g/mol. The van der Waals surface area contributed by atoms with Gasteiger partial charge < -0.3 is 20.9 Å². The minimum Gasteiger partial charge on any atom is -0.355 e. The first-order chi connectivity index (χ1) is 16.2. The molecule has 0 bridgehead atoms. The van der Waals surface area contributed by atoms with E-state index in [1.807, 2.05) is 0 Å².